The van der Waals surface area contributed by atoms with Gasteiger partial charge in [-0.15, -0.1) is 0 Å². The van der Waals surface area contributed by atoms with Gasteiger partial charge in [0, 0.05) is 35.1 Å². The van der Waals surface area contributed by atoms with Crippen molar-refractivity contribution in [3.63, 3.8) is 0 Å². The highest BCUT2D eigenvalue weighted by atomic mass is 19.1. The lowest BCUT2D eigenvalue weighted by molar-refractivity contribution is 0.627. The number of benzene rings is 1. The molecule has 9 heteroatoms. The molecule has 0 saturated heterocycles. The molecule has 0 aliphatic carbocycles. The van der Waals surface area contributed by atoms with Gasteiger partial charge < -0.3 is 4.98 Å². The summed E-state index contributed by atoms with van der Waals surface area (Å²) in [6, 6.07) is 8.61. The van der Waals surface area contributed by atoms with Crippen molar-refractivity contribution in [3.8, 4) is 34.0 Å². The molecule has 0 amide bonds. The molecule has 5 aromatic heterocycles. The molecule has 0 fully saturated rings. The van der Waals surface area contributed by atoms with Crippen LogP contribution in [0.1, 0.15) is 5.56 Å². The van der Waals surface area contributed by atoms with Gasteiger partial charge in [-0.2, -0.15) is 5.10 Å². The van der Waals surface area contributed by atoms with Crippen molar-refractivity contribution < 1.29 is 4.39 Å². The molecule has 5 heterocycles. The number of rotatable bonds is 3. The van der Waals surface area contributed by atoms with Crippen molar-refractivity contribution in [3.05, 3.63) is 72.8 Å². The summed E-state index contributed by atoms with van der Waals surface area (Å²) < 4.78 is 14.0. The number of hydrogen-bond donors (Lipinski definition) is 2. The average molecular weight is 422 g/mol. The van der Waals surface area contributed by atoms with Crippen LogP contribution in [0.5, 0.6) is 0 Å². The van der Waals surface area contributed by atoms with Gasteiger partial charge in [-0.1, -0.05) is 0 Å². The van der Waals surface area contributed by atoms with Crippen LogP contribution in [0, 0.1) is 12.7 Å². The molecule has 6 aromatic rings. The summed E-state index contributed by atoms with van der Waals surface area (Å²) >= 11 is 0. The van der Waals surface area contributed by atoms with Crippen LogP contribution < -0.4 is 0 Å². The van der Waals surface area contributed by atoms with Crippen LogP contribution in [0.3, 0.4) is 0 Å². The van der Waals surface area contributed by atoms with Crippen LogP contribution in [0.15, 0.2) is 61.4 Å². The van der Waals surface area contributed by atoms with E-state index in [1.807, 2.05) is 25.1 Å². The smallest absolute Gasteiger partial charge is 0.159 e. The third-order valence-corrected chi connectivity index (χ3v) is 5.24. The summed E-state index contributed by atoms with van der Waals surface area (Å²) in [4.78, 5) is 25.2. The quantitative estimate of drug-likeness (QED) is 0.436. The first-order valence-electron chi connectivity index (χ1n) is 9.88. The Kier molecular flexibility index (Phi) is 4.00. The van der Waals surface area contributed by atoms with Crippen molar-refractivity contribution >= 4 is 21.9 Å². The summed E-state index contributed by atoms with van der Waals surface area (Å²) in [7, 11) is 0. The van der Waals surface area contributed by atoms with E-state index in [0.29, 0.717) is 28.3 Å². The standard InChI is InChI=1S/C23H15FN8/c1-12-4-13(6-15(24)5-12)20-22-17(2-3-27-20)29-23(30-22)21-16-7-18(14-8-25-11-26-9-14)28-10-19(16)31-32-21/h2-11H,1H3,(H,29,30)(H,31,32). The van der Waals surface area contributed by atoms with Gasteiger partial charge in [0.1, 0.15) is 23.4 Å². The zero-order valence-electron chi connectivity index (χ0n) is 16.8. The highest BCUT2D eigenvalue weighted by Crippen LogP contribution is 2.31. The van der Waals surface area contributed by atoms with Gasteiger partial charge in [-0.05, 0) is 42.8 Å². The summed E-state index contributed by atoms with van der Waals surface area (Å²) in [5.74, 6) is 0.271. The lowest BCUT2D eigenvalue weighted by atomic mass is 10.1. The minimum absolute atomic E-state index is 0.308. The lowest BCUT2D eigenvalue weighted by Crippen LogP contribution is -1.88. The van der Waals surface area contributed by atoms with Crippen LogP contribution in [-0.4, -0.2) is 40.1 Å². The number of halogens is 1. The first-order valence-corrected chi connectivity index (χ1v) is 9.88. The van der Waals surface area contributed by atoms with E-state index >= 15 is 0 Å². The first-order chi connectivity index (χ1) is 15.7. The summed E-state index contributed by atoms with van der Waals surface area (Å²) in [5.41, 5.74) is 6.50. The highest BCUT2D eigenvalue weighted by molar-refractivity contribution is 5.96. The van der Waals surface area contributed by atoms with Gasteiger partial charge in [0.05, 0.1) is 28.6 Å². The van der Waals surface area contributed by atoms with E-state index in [9.17, 15) is 4.39 Å². The third kappa shape index (κ3) is 2.99. The summed E-state index contributed by atoms with van der Waals surface area (Å²) in [6.45, 7) is 1.85. The molecule has 1 aromatic carbocycles. The van der Waals surface area contributed by atoms with E-state index < -0.39 is 0 Å². The van der Waals surface area contributed by atoms with Gasteiger partial charge in [-0.3, -0.25) is 15.1 Å². The number of aromatic nitrogens is 8. The zero-order valence-corrected chi connectivity index (χ0v) is 16.8. The number of H-pyrrole nitrogens is 2. The molecular weight excluding hydrogens is 407 g/mol. The average Bonchev–Trinajstić information content (AvgIpc) is 3.42. The SMILES string of the molecule is Cc1cc(F)cc(-c2nccc3[nH]c(-c4n[nH]c5cnc(-c6cncnc6)cc45)nc23)c1. The van der Waals surface area contributed by atoms with Crippen molar-refractivity contribution in [2.45, 2.75) is 6.92 Å². The Hall–Kier alpha value is -4.53. The van der Waals surface area contributed by atoms with E-state index in [1.54, 1.807) is 24.8 Å². The number of aryl methyl sites for hydroxylation is 1. The number of pyridine rings is 2. The predicted octanol–water partition coefficient (Wildman–Crippen LogP) is 4.47. The second kappa shape index (κ2) is 7.02. The first kappa shape index (κ1) is 18.3. The van der Waals surface area contributed by atoms with Gasteiger partial charge in [-0.25, -0.2) is 19.3 Å². The Balaban J connectivity index is 1.52. The molecule has 6 rings (SSSR count). The molecule has 0 spiro atoms. The maximum Gasteiger partial charge on any atom is 0.159 e. The fraction of sp³-hybridized carbons (Fsp3) is 0.0435. The Labute approximate surface area is 180 Å². The van der Waals surface area contributed by atoms with E-state index in [1.165, 1.54) is 18.5 Å². The second-order valence-electron chi connectivity index (χ2n) is 7.47. The summed E-state index contributed by atoms with van der Waals surface area (Å²) in [5, 5.41) is 8.31. The van der Waals surface area contributed by atoms with Gasteiger partial charge in [0.25, 0.3) is 0 Å². The van der Waals surface area contributed by atoms with Crippen LogP contribution in [0.25, 0.3) is 56.0 Å². The van der Waals surface area contributed by atoms with Crippen LogP contribution in [-0.2, 0) is 0 Å². The lowest BCUT2D eigenvalue weighted by Gasteiger charge is -2.03. The molecule has 32 heavy (non-hydrogen) atoms. The monoisotopic (exact) mass is 422 g/mol. The van der Waals surface area contributed by atoms with Crippen LogP contribution >= 0.6 is 0 Å². The van der Waals surface area contributed by atoms with Crippen molar-refractivity contribution in [1.82, 2.24) is 40.1 Å². The molecule has 8 nitrogen and oxygen atoms in total. The highest BCUT2D eigenvalue weighted by Gasteiger charge is 2.17. The van der Waals surface area contributed by atoms with E-state index in [-0.39, 0.29) is 5.82 Å². The van der Waals surface area contributed by atoms with Crippen LogP contribution in [0.4, 0.5) is 4.39 Å². The second-order valence-corrected chi connectivity index (χ2v) is 7.47. The Morgan fingerprint density at radius 3 is 2.59 bits per heavy atom. The normalized spacial score (nSPS) is 11.4. The van der Waals surface area contributed by atoms with Crippen LogP contribution in [0.2, 0.25) is 0 Å². The number of imidazole rings is 1. The largest absolute Gasteiger partial charge is 0.336 e. The molecule has 2 N–H and O–H groups in total. The fourth-order valence-electron chi connectivity index (χ4n) is 3.82. The minimum Gasteiger partial charge on any atom is -0.336 e. The third-order valence-electron chi connectivity index (χ3n) is 5.24. The molecule has 0 aliphatic rings. The Morgan fingerprint density at radius 2 is 1.75 bits per heavy atom. The number of nitrogens with zero attached hydrogens (tertiary/aromatic N) is 6. The number of hydrogen-bond acceptors (Lipinski definition) is 6. The van der Waals surface area contributed by atoms with Crippen molar-refractivity contribution in [2.24, 2.45) is 0 Å². The minimum atomic E-state index is -0.308. The molecule has 0 aliphatic heterocycles. The summed E-state index contributed by atoms with van der Waals surface area (Å²) in [6.07, 6.45) is 8.30. The fourth-order valence-corrected chi connectivity index (χ4v) is 3.82. The van der Waals surface area contributed by atoms with Gasteiger partial charge in [0.15, 0.2) is 5.82 Å². The predicted molar refractivity (Wildman–Crippen MR) is 118 cm³/mol. The van der Waals surface area contributed by atoms with Crippen molar-refractivity contribution in [1.29, 1.82) is 0 Å². The Morgan fingerprint density at radius 1 is 0.875 bits per heavy atom. The maximum absolute atomic E-state index is 14.0. The number of nitrogens with one attached hydrogen (secondary N) is 2. The van der Waals surface area contributed by atoms with E-state index in [2.05, 4.69) is 35.1 Å². The molecular formula is C23H15FN8. The van der Waals surface area contributed by atoms with E-state index in [4.69, 9.17) is 4.98 Å². The molecule has 154 valence electrons. The van der Waals surface area contributed by atoms with Gasteiger partial charge >= 0.3 is 0 Å². The molecule has 0 bridgehead atoms. The topological polar surface area (TPSA) is 109 Å². The number of fused-ring (bicyclic) bond motifs is 2. The van der Waals surface area contributed by atoms with Crippen molar-refractivity contribution in [2.75, 3.05) is 0 Å². The zero-order chi connectivity index (χ0) is 21.7. The molecule has 0 radical (unpaired) electrons. The Bertz CT molecular complexity index is 1580. The van der Waals surface area contributed by atoms with E-state index in [0.717, 1.165) is 33.2 Å². The number of aromatic amines is 2. The molecule has 0 atom stereocenters. The van der Waals surface area contributed by atoms with Gasteiger partial charge in [0.2, 0.25) is 0 Å². The molecule has 0 saturated carbocycles. The molecule has 0 unspecified atom stereocenters. The maximum atomic E-state index is 14.0.